The van der Waals surface area contributed by atoms with Crippen LogP contribution in [0.2, 0.25) is 0 Å². The Morgan fingerprint density at radius 1 is 1.04 bits per heavy atom. The molecule has 2 aromatic rings. The van der Waals surface area contributed by atoms with Crippen LogP contribution in [0.15, 0.2) is 48.5 Å². The number of nitriles is 2. The molecule has 1 atom stereocenters. The van der Waals surface area contributed by atoms with Crippen LogP contribution in [-0.4, -0.2) is 17.5 Å². The largest absolute Gasteiger partial charge is 0.338 e. The quantitative estimate of drug-likeness (QED) is 0.857. The summed E-state index contributed by atoms with van der Waals surface area (Å²) < 4.78 is 0. The van der Waals surface area contributed by atoms with E-state index in [1.54, 1.807) is 12.1 Å². The van der Waals surface area contributed by atoms with Gasteiger partial charge in [-0.15, -0.1) is 0 Å². The number of rotatable bonds is 5. The van der Waals surface area contributed by atoms with Crippen molar-refractivity contribution in [3.05, 3.63) is 59.7 Å². The monoisotopic (exact) mass is 358 g/mol. The van der Waals surface area contributed by atoms with Crippen molar-refractivity contribution in [2.75, 3.05) is 0 Å². The van der Waals surface area contributed by atoms with E-state index < -0.39 is 11.6 Å². The molecule has 5 heteroatoms. The predicted octanol–water partition coefficient (Wildman–Crippen LogP) is 3.05. The van der Waals surface area contributed by atoms with E-state index in [4.69, 9.17) is 11.0 Å². The summed E-state index contributed by atoms with van der Waals surface area (Å²) >= 11 is 0. The fraction of sp³-hybridized carbons (Fsp3) is 0.318. The van der Waals surface area contributed by atoms with Crippen LogP contribution in [0.25, 0.3) is 11.1 Å². The van der Waals surface area contributed by atoms with Crippen LogP contribution in [0, 0.1) is 22.7 Å². The van der Waals surface area contributed by atoms with Gasteiger partial charge in [0.05, 0.1) is 23.2 Å². The molecule has 0 aliphatic heterocycles. The average Bonchev–Trinajstić information content (AvgIpc) is 3.16. The van der Waals surface area contributed by atoms with Crippen molar-refractivity contribution in [1.82, 2.24) is 5.32 Å². The van der Waals surface area contributed by atoms with Crippen molar-refractivity contribution in [3.63, 3.8) is 0 Å². The molecule has 0 radical (unpaired) electrons. The highest BCUT2D eigenvalue weighted by atomic mass is 16.2. The Hall–Kier alpha value is -3.15. The molecule has 1 aliphatic carbocycles. The molecule has 1 aliphatic rings. The number of amides is 1. The lowest BCUT2D eigenvalue weighted by atomic mass is 9.96. The first-order valence-corrected chi connectivity index (χ1v) is 9.13. The van der Waals surface area contributed by atoms with E-state index >= 15 is 0 Å². The topological polar surface area (TPSA) is 103 Å². The number of carbonyl (C=O) groups is 1. The second-order valence-corrected chi connectivity index (χ2v) is 7.11. The highest BCUT2D eigenvalue weighted by Crippen LogP contribution is 2.27. The molecule has 1 amide bonds. The summed E-state index contributed by atoms with van der Waals surface area (Å²) in [6.07, 6.45) is 3.70. The van der Waals surface area contributed by atoms with Gasteiger partial charge in [-0.1, -0.05) is 49.2 Å². The highest BCUT2D eigenvalue weighted by molar-refractivity contribution is 5.86. The van der Waals surface area contributed by atoms with Crippen molar-refractivity contribution in [3.8, 4) is 23.3 Å². The predicted molar refractivity (Wildman–Crippen MR) is 103 cm³/mol. The number of hydrogen-bond acceptors (Lipinski definition) is 4. The van der Waals surface area contributed by atoms with Crippen molar-refractivity contribution < 1.29 is 4.79 Å². The summed E-state index contributed by atoms with van der Waals surface area (Å²) in [5.41, 5.74) is 8.99. The van der Waals surface area contributed by atoms with Crippen LogP contribution in [0.3, 0.4) is 0 Å². The second-order valence-electron chi connectivity index (χ2n) is 7.11. The van der Waals surface area contributed by atoms with E-state index in [9.17, 15) is 10.1 Å². The van der Waals surface area contributed by atoms with E-state index in [1.165, 1.54) is 0 Å². The summed E-state index contributed by atoms with van der Waals surface area (Å²) in [6.45, 7) is 0. The van der Waals surface area contributed by atoms with Gasteiger partial charge in [0.1, 0.15) is 6.04 Å². The van der Waals surface area contributed by atoms with Gasteiger partial charge < -0.3 is 11.1 Å². The highest BCUT2D eigenvalue weighted by Gasteiger charge is 2.37. The van der Waals surface area contributed by atoms with E-state index in [2.05, 4.69) is 17.5 Å². The van der Waals surface area contributed by atoms with E-state index in [0.717, 1.165) is 29.5 Å². The Morgan fingerprint density at radius 3 is 2.11 bits per heavy atom. The van der Waals surface area contributed by atoms with Gasteiger partial charge in [-0.25, -0.2) is 0 Å². The average molecular weight is 358 g/mol. The molecule has 3 rings (SSSR count). The summed E-state index contributed by atoms with van der Waals surface area (Å²) in [7, 11) is 0. The molecule has 27 heavy (non-hydrogen) atoms. The third-order valence-electron chi connectivity index (χ3n) is 5.15. The van der Waals surface area contributed by atoms with Gasteiger partial charge in [0, 0.05) is 6.42 Å². The van der Waals surface area contributed by atoms with E-state index in [0.29, 0.717) is 24.8 Å². The molecule has 1 unspecified atom stereocenters. The normalized spacial score (nSPS) is 16.1. The molecule has 0 saturated heterocycles. The Bertz CT molecular complexity index is 882. The van der Waals surface area contributed by atoms with Crippen molar-refractivity contribution >= 4 is 5.91 Å². The molecule has 1 saturated carbocycles. The maximum Gasteiger partial charge on any atom is 0.241 e. The van der Waals surface area contributed by atoms with Crippen LogP contribution < -0.4 is 11.1 Å². The van der Waals surface area contributed by atoms with E-state index in [-0.39, 0.29) is 5.91 Å². The van der Waals surface area contributed by atoms with Gasteiger partial charge in [-0.3, -0.25) is 4.79 Å². The third-order valence-corrected chi connectivity index (χ3v) is 5.15. The zero-order valence-electron chi connectivity index (χ0n) is 15.1. The maximum atomic E-state index is 12.4. The third kappa shape index (κ3) is 4.34. The first-order valence-electron chi connectivity index (χ1n) is 9.13. The lowest BCUT2D eigenvalue weighted by Crippen LogP contribution is -2.54. The second kappa shape index (κ2) is 8.03. The van der Waals surface area contributed by atoms with Crippen LogP contribution in [0.1, 0.15) is 36.8 Å². The molecule has 0 bridgehead atoms. The Labute approximate surface area is 159 Å². The zero-order chi connectivity index (χ0) is 19.3. The van der Waals surface area contributed by atoms with Crippen LogP contribution in [0.4, 0.5) is 0 Å². The number of carbonyl (C=O) groups excluding carboxylic acids is 1. The number of nitrogens with one attached hydrogen (secondary N) is 1. The molecule has 3 N–H and O–H groups in total. The van der Waals surface area contributed by atoms with Crippen molar-refractivity contribution in [2.45, 2.75) is 43.7 Å². The first kappa shape index (κ1) is 18.6. The summed E-state index contributed by atoms with van der Waals surface area (Å²) in [6, 6.07) is 18.9. The Morgan fingerprint density at radius 2 is 1.59 bits per heavy atom. The minimum absolute atomic E-state index is 0.222. The molecular weight excluding hydrogens is 336 g/mol. The molecule has 5 nitrogen and oxygen atoms in total. The van der Waals surface area contributed by atoms with Gasteiger partial charge >= 0.3 is 0 Å². The minimum atomic E-state index is -0.825. The first-order chi connectivity index (χ1) is 13.0. The maximum absolute atomic E-state index is 12.4. The molecule has 0 aromatic heterocycles. The zero-order valence-corrected chi connectivity index (χ0v) is 15.1. The summed E-state index contributed by atoms with van der Waals surface area (Å²) in [4.78, 5) is 12.4. The minimum Gasteiger partial charge on any atom is -0.338 e. The standard InChI is InChI=1S/C22H22N4O/c23-14-17-5-9-19(10-6-17)18-7-3-16(4-8-18)13-20(15-24)26-21(27)22(25)11-1-2-12-22/h3-10,20H,1-2,11-13,25H2,(H,26,27). The Balaban J connectivity index is 1.64. The SMILES string of the molecule is N#Cc1ccc(-c2ccc(CC(C#N)NC(=O)C3(N)CCCC3)cc2)cc1. The molecule has 136 valence electrons. The van der Waals surface area contributed by atoms with E-state index in [1.807, 2.05) is 36.4 Å². The van der Waals surface area contributed by atoms with Gasteiger partial charge in [-0.2, -0.15) is 10.5 Å². The van der Waals surface area contributed by atoms with Crippen molar-refractivity contribution in [1.29, 1.82) is 10.5 Å². The summed E-state index contributed by atoms with van der Waals surface area (Å²) in [5.74, 6) is -0.222. The molecule has 1 fully saturated rings. The molecule has 2 aromatic carbocycles. The Kier molecular flexibility index (Phi) is 5.54. The van der Waals surface area contributed by atoms with Gasteiger partial charge in [0.2, 0.25) is 5.91 Å². The molecule has 0 spiro atoms. The fourth-order valence-electron chi connectivity index (χ4n) is 3.47. The number of benzene rings is 2. The van der Waals surface area contributed by atoms with Gasteiger partial charge in [-0.05, 0) is 41.7 Å². The van der Waals surface area contributed by atoms with Crippen LogP contribution >= 0.6 is 0 Å². The summed E-state index contributed by atoms with van der Waals surface area (Å²) in [5, 5.41) is 21.1. The molecule has 0 heterocycles. The van der Waals surface area contributed by atoms with Gasteiger partial charge in [0.15, 0.2) is 0 Å². The fourth-order valence-corrected chi connectivity index (χ4v) is 3.47. The van der Waals surface area contributed by atoms with Gasteiger partial charge in [0.25, 0.3) is 0 Å². The van der Waals surface area contributed by atoms with Crippen LogP contribution in [0.5, 0.6) is 0 Å². The number of nitrogens with two attached hydrogens (primary N) is 1. The smallest absolute Gasteiger partial charge is 0.241 e. The lowest BCUT2D eigenvalue weighted by molar-refractivity contribution is -0.126. The van der Waals surface area contributed by atoms with Crippen molar-refractivity contribution in [2.24, 2.45) is 5.73 Å². The number of nitrogens with zero attached hydrogens (tertiary/aromatic N) is 2. The molecular formula is C22H22N4O. The van der Waals surface area contributed by atoms with Crippen LogP contribution in [-0.2, 0) is 11.2 Å². The lowest BCUT2D eigenvalue weighted by Gasteiger charge is -2.24. The number of hydrogen-bond donors (Lipinski definition) is 2.